The van der Waals surface area contributed by atoms with Crippen molar-refractivity contribution in [3.8, 4) is 0 Å². The van der Waals surface area contributed by atoms with Gasteiger partial charge in [0.15, 0.2) is 0 Å². The Balaban J connectivity index is 2.90. The second-order valence-electron chi connectivity index (χ2n) is 3.16. The van der Waals surface area contributed by atoms with Crippen LogP contribution in [0.5, 0.6) is 0 Å². The van der Waals surface area contributed by atoms with E-state index in [9.17, 15) is 10.1 Å². The minimum Gasteiger partial charge on any atom is -0.258 e. The van der Waals surface area contributed by atoms with Gasteiger partial charge in [-0.25, -0.2) is 0 Å². The van der Waals surface area contributed by atoms with E-state index < -0.39 is 0 Å². The normalized spacial score (nSPS) is 10.1. The summed E-state index contributed by atoms with van der Waals surface area (Å²) in [5.41, 5.74) is 2.25. The fourth-order valence-corrected chi connectivity index (χ4v) is 1.43. The van der Waals surface area contributed by atoms with Gasteiger partial charge in [0.2, 0.25) is 0 Å². The van der Waals surface area contributed by atoms with Crippen LogP contribution < -0.4 is 0 Å². The Morgan fingerprint density at radius 2 is 2.21 bits per heavy atom. The monoisotopic (exact) mass is 213 g/mol. The zero-order chi connectivity index (χ0) is 10.6. The Bertz CT molecular complexity index is 339. The van der Waals surface area contributed by atoms with Gasteiger partial charge in [-0.15, -0.1) is 11.6 Å². The lowest BCUT2D eigenvalue weighted by Gasteiger charge is -2.03. The van der Waals surface area contributed by atoms with Crippen molar-refractivity contribution in [3.05, 3.63) is 39.4 Å². The molecule has 4 heteroatoms. The average molecular weight is 214 g/mol. The van der Waals surface area contributed by atoms with Crippen molar-refractivity contribution in [3.63, 3.8) is 0 Å². The van der Waals surface area contributed by atoms with E-state index in [4.69, 9.17) is 11.6 Å². The van der Waals surface area contributed by atoms with Gasteiger partial charge in [0.1, 0.15) is 0 Å². The van der Waals surface area contributed by atoms with Gasteiger partial charge in [0.05, 0.1) is 4.92 Å². The van der Waals surface area contributed by atoms with Gasteiger partial charge in [-0.1, -0.05) is 6.07 Å². The zero-order valence-corrected chi connectivity index (χ0v) is 8.75. The molecule has 0 unspecified atom stereocenters. The SMILES string of the molecule is Cc1ccc([N+](=O)[O-])cc1CCCCl. The molecule has 1 aromatic carbocycles. The molecule has 1 aromatic rings. The molecule has 0 heterocycles. The Labute approximate surface area is 87.8 Å². The first-order chi connectivity index (χ1) is 6.65. The summed E-state index contributed by atoms with van der Waals surface area (Å²) < 4.78 is 0. The highest BCUT2D eigenvalue weighted by Gasteiger charge is 2.07. The molecule has 0 spiro atoms. The highest BCUT2D eigenvalue weighted by molar-refractivity contribution is 6.17. The van der Waals surface area contributed by atoms with Crippen LogP contribution in [0, 0.1) is 17.0 Å². The van der Waals surface area contributed by atoms with E-state index >= 15 is 0 Å². The summed E-state index contributed by atoms with van der Waals surface area (Å²) in [4.78, 5) is 10.1. The van der Waals surface area contributed by atoms with E-state index in [0.29, 0.717) is 5.88 Å². The van der Waals surface area contributed by atoms with Crippen LogP contribution in [0.3, 0.4) is 0 Å². The quantitative estimate of drug-likeness (QED) is 0.438. The van der Waals surface area contributed by atoms with Gasteiger partial charge in [-0.3, -0.25) is 10.1 Å². The van der Waals surface area contributed by atoms with Crippen LogP contribution in [0.2, 0.25) is 0 Å². The molecule has 0 N–H and O–H groups in total. The summed E-state index contributed by atoms with van der Waals surface area (Å²) in [6, 6.07) is 4.93. The molecular formula is C10H12ClNO2. The van der Waals surface area contributed by atoms with Gasteiger partial charge in [-0.05, 0) is 30.9 Å². The molecule has 0 amide bonds. The maximum atomic E-state index is 10.5. The standard InChI is InChI=1S/C10H12ClNO2/c1-8-4-5-10(12(13)14)7-9(8)3-2-6-11/h4-5,7H,2-3,6H2,1H3. The van der Waals surface area contributed by atoms with E-state index in [-0.39, 0.29) is 10.6 Å². The molecule has 0 aliphatic rings. The van der Waals surface area contributed by atoms with Crippen LogP contribution in [0.15, 0.2) is 18.2 Å². The van der Waals surface area contributed by atoms with Crippen LogP contribution in [-0.4, -0.2) is 10.8 Å². The molecule has 3 nitrogen and oxygen atoms in total. The number of rotatable bonds is 4. The lowest BCUT2D eigenvalue weighted by Crippen LogP contribution is -1.94. The molecule has 0 saturated heterocycles. The Hall–Kier alpha value is -1.09. The van der Waals surface area contributed by atoms with Crippen molar-refractivity contribution in [2.45, 2.75) is 19.8 Å². The molecule has 76 valence electrons. The Kier molecular flexibility index (Phi) is 3.89. The first-order valence-electron chi connectivity index (χ1n) is 4.45. The lowest BCUT2D eigenvalue weighted by molar-refractivity contribution is -0.384. The number of hydrogen-bond acceptors (Lipinski definition) is 2. The minimum absolute atomic E-state index is 0.153. The summed E-state index contributed by atoms with van der Waals surface area (Å²) >= 11 is 5.57. The number of nitrogens with zero attached hydrogens (tertiary/aromatic N) is 1. The molecule has 0 atom stereocenters. The summed E-state index contributed by atoms with van der Waals surface area (Å²) in [6.07, 6.45) is 1.65. The summed E-state index contributed by atoms with van der Waals surface area (Å²) in [7, 11) is 0. The van der Waals surface area contributed by atoms with Gasteiger partial charge in [0, 0.05) is 18.0 Å². The van der Waals surface area contributed by atoms with E-state index in [1.807, 2.05) is 6.92 Å². The van der Waals surface area contributed by atoms with Crippen LogP contribution >= 0.6 is 11.6 Å². The lowest BCUT2D eigenvalue weighted by atomic mass is 10.0. The summed E-state index contributed by atoms with van der Waals surface area (Å²) in [5.74, 6) is 0.585. The van der Waals surface area contributed by atoms with Crippen molar-refractivity contribution >= 4 is 17.3 Å². The van der Waals surface area contributed by atoms with E-state index in [1.165, 1.54) is 6.07 Å². The topological polar surface area (TPSA) is 43.1 Å². The molecule has 0 fully saturated rings. The molecular weight excluding hydrogens is 202 g/mol. The zero-order valence-electron chi connectivity index (χ0n) is 8.00. The molecule has 0 bridgehead atoms. The average Bonchev–Trinajstić information content (AvgIpc) is 2.16. The number of hydrogen-bond donors (Lipinski definition) is 0. The van der Waals surface area contributed by atoms with Crippen LogP contribution in [0.25, 0.3) is 0 Å². The molecule has 1 rings (SSSR count). The van der Waals surface area contributed by atoms with Gasteiger partial charge in [0.25, 0.3) is 5.69 Å². The number of nitro benzene ring substituents is 1. The predicted molar refractivity (Wildman–Crippen MR) is 56.9 cm³/mol. The first-order valence-corrected chi connectivity index (χ1v) is 4.98. The van der Waals surface area contributed by atoms with Crippen molar-refractivity contribution in [2.75, 3.05) is 5.88 Å². The van der Waals surface area contributed by atoms with Gasteiger partial charge < -0.3 is 0 Å². The highest BCUT2D eigenvalue weighted by atomic mass is 35.5. The van der Waals surface area contributed by atoms with Crippen molar-refractivity contribution in [2.24, 2.45) is 0 Å². The van der Waals surface area contributed by atoms with Crippen molar-refractivity contribution in [1.82, 2.24) is 0 Å². The van der Waals surface area contributed by atoms with Crippen molar-refractivity contribution < 1.29 is 4.92 Å². The largest absolute Gasteiger partial charge is 0.269 e. The maximum Gasteiger partial charge on any atom is 0.269 e. The number of non-ortho nitro benzene ring substituents is 1. The Morgan fingerprint density at radius 1 is 1.50 bits per heavy atom. The number of nitro groups is 1. The smallest absolute Gasteiger partial charge is 0.258 e. The fraction of sp³-hybridized carbons (Fsp3) is 0.400. The predicted octanol–water partition coefficient (Wildman–Crippen LogP) is 3.07. The molecule has 0 aromatic heterocycles. The number of halogens is 1. The van der Waals surface area contributed by atoms with E-state index in [1.54, 1.807) is 12.1 Å². The highest BCUT2D eigenvalue weighted by Crippen LogP contribution is 2.18. The molecule has 0 radical (unpaired) electrons. The number of benzene rings is 1. The molecule has 0 aliphatic carbocycles. The third-order valence-electron chi connectivity index (χ3n) is 2.12. The fourth-order valence-electron chi connectivity index (χ4n) is 1.30. The molecule has 0 saturated carbocycles. The third-order valence-corrected chi connectivity index (χ3v) is 2.39. The maximum absolute atomic E-state index is 10.5. The third kappa shape index (κ3) is 2.70. The van der Waals surface area contributed by atoms with Crippen molar-refractivity contribution in [1.29, 1.82) is 0 Å². The number of alkyl halides is 1. The van der Waals surface area contributed by atoms with Crippen LogP contribution in [-0.2, 0) is 6.42 Å². The van der Waals surface area contributed by atoms with E-state index in [0.717, 1.165) is 24.0 Å². The minimum atomic E-state index is -0.371. The Morgan fingerprint density at radius 3 is 2.79 bits per heavy atom. The first kappa shape index (κ1) is 11.0. The summed E-state index contributed by atoms with van der Waals surface area (Å²) in [6.45, 7) is 1.95. The second-order valence-corrected chi connectivity index (χ2v) is 3.54. The van der Waals surface area contributed by atoms with Gasteiger partial charge in [-0.2, -0.15) is 0 Å². The van der Waals surface area contributed by atoms with Crippen LogP contribution in [0.4, 0.5) is 5.69 Å². The van der Waals surface area contributed by atoms with Gasteiger partial charge >= 0.3 is 0 Å². The molecule has 14 heavy (non-hydrogen) atoms. The van der Waals surface area contributed by atoms with E-state index in [2.05, 4.69) is 0 Å². The summed E-state index contributed by atoms with van der Waals surface area (Å²) in [5, 5.41) is 10.5. The number of aryl methyl sites for hydroxylation is 2. The molecule has 0 aliphatic heterocycles. The second kappa shape index (κ2) is 4.96. The van der Waals surface area contributed by atoms with Crippen LogP contribution in [0.1, 0.15) is 17.5 Å².